The Labute approximate surface area is 157 Å². The predicted molar refractivity (Wildman–Crippen MR) is 105 cm³/mol. The van der Waals surface area contributed by atoms with Gasteiger partial charge in [-0.3, -0.25) is 14.6 Å². The Morgan fingerprint density at radius 2 is 1.65 bits per heavy atom. The van der Waals surface area contributed by atoms with E-state index in [0.29, 0.717) is 12.5 Å². The summed E-state index contributed by atoms with van der Waals surface area (Å²) in [6.07, 6.45) is 0. The Hall–Kier alpha value is -1.06. The molecule has 7 nitrogen and oxygen atoms in total. The van der Waals surface area contributed by atoms with E-state index in [4.69, 9.17) is 0 Å². The lowest BCUT2D eigenvalue weighted by Gasteiger charge is -2.28. The fraction of sp³-hybridized carbons (Fsp3) is 0.800. The van der Waals surface area contributed by atoms with Gasteiger partial charge < -0.3 is 20.9 Å². The monoisotopic (exact) mass is 441 g/mol. The average molecular weight is 441 g/mol. The molecule has 8 heteroatoms. The Morgan fingerprint density at radius 3 is 2.04 bits per heavy atom. The zero-order chi connectivity index (χ0) is 17.6. The number of rotatable bonds is 5. The van der Waals surface area contributed by atoms with Crippen molar-refractivity contribution in [1.82, 2.24) is 20.9 Å². The molecule has 2 amide bonds. The summed E-state index contributed by atoms with van der Waals surface area (Å²) in [5.41, 5.74) is -0.838. The molecule has 0 aliphatic heterocycles. The van der Waals surface area contributed by atoms with Gasteiger partial charge in [0.05, 0.1) is 12.0 Å². The number of hydrogen-bond donors (Lipinski definition) is 3. The fourth-order valence-corrected chi connectivity index (χ4v) is 1.85. The molecule has 0 aromatic heterocycles. The maximum Gasteiger partial charge on any atom is 0.240 e. The Morgan fingerprint density at radius 1 is 1.13 bits per heavy atom. The van der Waals surface area contributed by atoms with Crippen LogP contribution in [-0.2, 0) is 9.59 Å². The molecule has 0 saturated heterocycles. The highest BCUT2D eigenvalue weighted by atomic mass is 127. The van der Waals surface area contributed by atoms with E-state index < -0.39 is 5.41 Å². The molecule has 0 aliphatic rings. The fourth-order valence-electron chi connectivity index (χ4n) is 1.85. The van der Waals surface area contributed by atoms with Gasteiger partial charge in [0.25, 0.3) is 0 Å². The number of nitrogens with zero attached hydrogens (tertiary/aromatic N) is 2. The van der Waals surface area contributed by atoms with Gasteiger partial charge in [-0.2, -0.15) is 0 Å². The summed E-state index contributed by atoms with van der Waals surface area (Å²) >= 11 is 0. The van der Waals surface area contributed by atoms with Gasteiger partial charge in [0.1, 0.15) is 0 Å². The molecule has 0 atom stereocenters. The summed E-state index contributed by atoms with van der Waals surface area (Å²) < 4.78 is 0. The molecule has 0 saturated carbocycles. The summed E-state index contributed by atoms with van der Waals surface area (Å²) in [7, 11) is 5.04. The predicted octanol–water partition coefficient (Wildman–Crippen LogP) is 0.799. The van der Waals surface area contributed by atoms with Crippen LogP contribution in [-0.4, -0.2) is 62.4 Å². The topological polar surface area (TPSA) is 85.8 Å². The minimum absolute atomic E-state index is 0. The summed E-state index contributed by atoms with van der Waals surface area (Å²) in [5, 5.41) is 8.67. The summed E-state index contributed by atoms with van der Waals surface area (Å²) in [6.45, 7) is 10.1. The zero-order valence-electron chi connectivity index (χ0n) is 15.5. The molecule has 0 fully saturated rings. The molecule has 0 unspecified atom stereocenters. The van der Waals surface area contributed by atoms with Gasteiger partial charge >= 0.3 is 0 Å². The molecule has 3 N–H and O–H groups in total. The number of carbonyl (C=O) groups is 2. The van der Waals surface area contributed by atoms with Crippen molar-refractivity contribution in [3.8, 4) is 0 Å². The first-order chi connectivity index (χ1) is 9.92. The van der Waals surface area contributed by atoms with Crippen LogP contribution in [0.4, 0.5) is 0 Å². The molecule has 0 bridgehead atoms. The van der Waals surface area contributed by atoms with Crippen LogP contribution in [0.2, 0.25) is 0 Å². The van der Waals surface area contributed by atoms with Crippen molar-refractivity contribution in [2.45, 2.75) is 40.2 Å². The highest BCUT2D eigenvalue weighted by Crippen LogP contribution is 2.13. The van der Waals surface area contributed by atoms with Crippen LogP contribution < -0.4 is 16.0 Å². The van der Waals surface area contributed by atoms with Crippen molar-refractivity contribution < 1.29 is 9.59 Å². The molecule has 136 valence electrons. The first-order valence-electron chi connectivity index (χ1n) is 7.38. The second-order valence-electron chi connectivity index (χ2n) is 7.02. The van der Waals surface area contributed by atoms with Gasteiger partial charge in [-0.25, -0.2) is 0 Å². The standard InChI is InChI=1S/C15H31N5O2.HI/c1-14(2,3)19-11(21)9-20(8)13(17-7)18-10-15(4,5)12(22)16-6;/h9-10H2,1-8H3,(H,16,22)(H,17,18)(H,19,21);1H. The molecular formula is C15H32IN5O2. The lowest BCUT2D eigenvalue weighted by molar-refractivity contribution is -0.128. The number of guanidine groups is 1. The average Bonchev–Trinajstić information content (AvgIpc) is 2.35. The summed E-state index contributed by atoms with van der Waals surface area (Å²) in [4.78, 5) is 29.6. The lowest BCUT2D eigenvalue weighted by Crippen LogP contribution is -2.51. The van der Waals surface area contributed by atoms with Crippen molar-refractivity contribution in [3.05, 3.63) is 0 Å². The molecular weight excluding hydrogens is 409 g/mol. The van der Waals surface area contributed by atoms with E-state index >= 15 is 0 Å². The van der Waals surface area contributed by atoms with Gasteiger partial charge in [0.15, 0.2) is 5.96 Å². The highest BCUT2D eigenvalue weighted by molar-refractivity contribution is 14.0. The van der Waals surface area contributed by atoms with Gasteiger partial charge in [-0.15, -0.1) is 24.0 Å². The van der Waals surface area contributed by atoms with Crippen molar-refractivity contribution >= 4 is 41.8 Å². The van der Waals surface area contributed by atoms with Crippen LogP contribution in [0.5, 0.6) is 0 Å². The van der Waals surface area contributed by atoms with Gasteiger partial charge in [-0.1, -0.05) is 0 Å². The SMILES string of the molecule is CN=C(NCC(C)(C)C(=O)NC)N(C)CC(=O)NC(C)(C)C.I. The van der Waals surface area contributed by atoms with E-state index in [2.05, 4.69) is 20.9 Å². The first-order valence-corrected chi connectivity index (χ1v) is 7.38. The van der Waals surface area contributed by atoms with Crippen LogP contribution in [0, 0.1) is 5.41 Å². The van der Waals surface area contributed by atoms with E-state index in [9.17, 15) is 9.59 Å². The maximum atomic E-state index is 11.9. The van der Waals surface area contributed by atoms with E-state index in [1.807, 2.05) is 34.6 Å². The molecule has 0 aromatic rings. The largest absolute Gasteiger partial charge is 0.359 e. The first kappa shape index (κ1) is 24.2. The van der Waals surface area contributed by atoms with Crippen LogP contribution in [0.25, 0.3) is 0 Å². The molecule has 23 heavy (non-hydrogen) atoms. The van der Waals surface area contributed by atoms with E-state index in [-0.39, 0.29) is 47.9 Å². The van der Waals surface area contributed by atoms with Crippen molar-refractivity contribution in [3.63, 3.8) is 0 Å². The Balaban J connectivity index is 0. The molecule has 0 aliphatic carbocycles. The van der Waals surface area contributed by atoms with Crippen molar-refractivity contribution in [2.75, 3.05) is 34.2 Å². The second kappa shape index (κ2) is 9.94. The maximum absolute atomic E-state index is 11.9. The van der Waals surface area contributed by atoms with E-state index in [1.165, 1.54) is 0 Å². The quantitative estimate of drug-likeness (QED) is 0.335. The highest BCUT2D eigenvalue weighted by Gasteiger charge is 2.27. The van der Waals surface area contributed by atoms with Gasteiger partial charge in [0.2, 0.25) is 11.8 Å². The van der Waals surface area contributed by atoms with Crippen LogP contribution in [0.3, 0.4) is 0 Å². The molecule has 0 rings (SSSR count). The van der Waals surface area contributed by atoms with E-state index in [0.717, 1.165) is 0 Å². The van der Waals surface area contributed by atoms with Gasteiger partial charge in [-0.05, 0) is 34.6 Å². The van der Waals surface area contributed by atoms with Crippen molar-refractivity contribution in [1.29, 1.82) is 0 Å². The van der Waals surface area contributed by atoms with E-state index in [1.54, 1.807) is 26.0 Å². The third kappa shape index (κ3) is 9.62. The zero-order valence-corrected chi connectivity index (χ0v) is 17.9. The minimum Gasteiger partial charge on any atom is -0.359 e. The number of likely N-dealkylation sites (N-methyl/N-ethyl adjacent to an activating group) is 1. The molecule has 0 aromatic carbocycles. The Kier molecular flexibility index (Phi) is 10.5. The smallest absolute Gasteiger partial charge is 0.240 e. The summed E-state index contributed by atoms with van der Waals surface area (Å²) in [6, 6.07) is 0. The second-order valence-corrected chi connectivity index (χ2v) is 7.02. The third-order valence-electron chi connectivity index (χ3n) is 3.00. The van der Waals surface area contributed by atoms with Crippen LogP contribution >= 0.6 is 24.0 Å². The van der Waals surface area contributed by atoms with Gasteiger partial charge in [0, 0.05) is 33.2 Å². The normalized spacial score (nSPS) is 12.1. The summed E-state index contributed by atoms with van der Waals surface area (Å²) in [5.74, 6) is 0.438. The number of carbonyl (C=O) groups excluding carboxylic acids is 2. The minimum atomic E-state index is -0.570. The molecule has 0 radical (unpaired) electrons. The number of nitrogens with one attached hydrogen (secondary N) is 3. The number of hydrogen-bond acceptors (Lipinski definition) is 3. The Bertz CT molecular complexity index is 430. The number of halogens is 1. The number of aliphatic imine (C=N–C) groups is 1. The van der Waals surface area contributed by atoms with Crippen molar-refractivity contribution in [2.24, 2.45) is 10.4 Å². The molecule has 0 spiro atoms. The lowest BCUT2D eigenvalue weighted by atomic mass is 9.92. The van der Waals surface area contributed by atoms with Crippen LogP contribution in [0.1, 0.15) is 34.6 Å². The number of amides is 2. The van der Waals surface area contributed by atoms with Crippen LogP contribution in [0.15, 0.2) is 4.99 Å². The third-order valence-corrected chi connectivity index (χ3v) is 3.00. The molecule has 0 heterocycles.